The first kappa shape index (κ1) is 16.0. The monoisotopic (exact) mass is 304 g/mol. The summed E-state index contributed by atoms with van der Waals surface area (Å²) in [5.41, 5.74) is 1.34. The Morgan fingerprint density at radius 1 is 1.32 bits per heavy atom. The quantitative estimate of drug-likeness (QED) is 0.615. The van der Waals surface area contributed by atoms with Crippen molar-refractivity contribution in [2.45, 2.75) is 46.1 Å². The van der Waals surface area contributed by atoms with Crippen LogP contribution in [0, 0.1) is 10.1 Å². The fraction of sp³-hybridized carbons (Fsp3) is 0.438. The van der Waals surface area contributed by atoms with Gasteiger partial charge in [0.05, 0.1) is 4.92 Å². The summed E-state index contributed by atoms with van der Waals surface area (Å²) < 4.78 is 10.8. The van der Waals surface area contributed by atoms with Crippen molar-refractivity contribution in [3.8, 4) is 5.75 Å². The molecule has 0 aliphatic heterocycles. The summed E-state index contributed by atoms with van der Waals surface area (Å²) in [6.07, 6.45) is 0.735. The van der Waals surface area contributed by atoms with Gasteiger partial charge in [-0.15, -0.1) is 0 Å². The van der Waals surface area contributed by atoms with Gasteiger partial charge >= 0.3 is 5.69 Å². The lowest BCUT2D eigenvalue weighted by Crippen LogP contribution is -2.09. The van der Waals surface area contributed by atoms with Crippen LogP contribution in [0.2, 0.25) is 0 Å². The van der Waals surface area contributed by atoms with Gasteiger partial charge in [-0.25, -0.2) is 0 Å². The van der Waals surface area contributed by atoms with E-state index in [0.29, 0.717) is 5.69 Å². The van der Waals surface area contributed by atoms with Crippen LogP contribution in [-0.4, -0.2) is 10.1 Å². The molecular formula is C16H20N2O4. The highest BCUT2D eigenvalue weighted by Gasteiger charge is 2.21. The highest BCUT2D eigenvalue weighted by atomic mass is 16.6. The number of ether oxygens (including phenoxy) is 1. The third-order valence-corrected chi connectivity index (χ3v) is 3.30. The normalized spacial score (nSPS) is 11.5. The van der Waals surface area contributed by atoms with E-state index >= 15 is 0 Å². The lowest BCUT2D eigenvalue weighted by atomic mass is 9.93. The van der Waals surface area contributed by atoms with E-state index in [-0.39, 0.29) is 23.5 Å². The van der Waals surface area contributed by atoms with E-state index in [9.17, 15) is 10.1 Å². The van der Waals surface area contributed by atoms with Crippen LogP contribution < -0.4 is 4.74 Å². The molecule has 0 fully saturated rings. The molecule has 0 N–H and O–H groups in total. The maximum absolute atomic E-state index is 11.1. The van der Waals surface area contributed by atoms with Gasteiger partial charge in [0.25, 0.3) is 0 Å². The fourth-order valence-electron chi connectivity index (χ4n) is 1.93. The minimum absolute atomic E-state index is 0.0288. The third-order valence-electron chi connectivity index (χ3n) is 3.30. The Balaban J connectivity index is 2.14. The zero-order valence-corrected chi connectivity index (χ0v) is 13.3. The number of hydrogen-bond donors (Lipinski definition) is 0. The largest absolute Gasteiger partial charge is 0.480 e. The number of nitrogens with zero attached hydrogens (tertiary/aromatic N) is 2. The highest BCUT2D eigenvalue weighted by Crippen LogP contribution is 2.29. The average Bonchev–Trinajstić information content (AvgIpc) is 2.93. The number of aromatic nitrogens is 1. The van der Waals surface area contributed by atoms with Crippen LogP contribution in [0.4, 0.5) is 5.69 Å². The molecule has 1 aromatic heterocycles. The molecule has 0 amide bonds. The summed E-state index contributed by atoms with van der Waals surface area (Å²) >= 11 is 0. The molecule has 1 heterocycles. The topological polar surface area (TPSA) is 78.4 Å². The third kappa shape index (κ3) is 3.63. The molecule has 118 valence electrons. The Hall–Kier alpha value is -2.37. The molecule has 6 nitrogen and oxygen atoms in total. The first-order valence-corrected chi connectivity index (χ1v) is 7.17. The van der Waals surface area contributed by atoms with Crippen molar-refractivity contribution >= 4 is 5.69 Å². The molecule has 0 saturated carbocycles. The maximum Gasteiger partial charge on any atom is 0.311 e. The van der Waals surface area contributed by atoms with Crippen LogP contribution in [0.15, 0.2) is 28.8 Å². The Labute approximate surface area is 129 Å². The van der Waals surface area contributed by atoms with E-state index in [1.165, 1.54) is 0 Å². The predicted molar refractivity (Wildman–Crippen MR) is 82.0 cm³/mol. The molecule has 2 rings (SSSR count). The van der Waals surface area contributed by atoms with E-state index in [0.717, 1.165) is 17.7 Å². The van der Waals surface area contributed by atoms with Crippen LogP contribution in [0.1, 0.15) is 44.7 Å². The van der Waals surface area contributed by atoms with Crippen molar-refractivity contribution in [3.63, 3.8) is 0 Å². The Morgan fingerprint density at radius 2 is 2.05 bits per heavy atom. The Morgan fingerprint density at radius 3 is 2.59 bits per heavy atom. The van der Waals surface area contributed by atoms with Crippen molar-refractivity contribution in [1.82, 2.24) is 5.16 Å². The lowest BCUT2D eigenvalue weighted by Gasteiger charge is -2.12. The number of nitro benzene ring substituents is 1. The minimum Gasteiger partial charge on any atom is -0.480 e. The van der Waals surface area contributed by atoms with Crippen LogP contribution in [0.5, 0.6) is 5.75 Å². The van der Waals surface area contributed by atoms with Crippen molar-refractivity contribution < 1.29 is 14.2 Å². The van der Waals surface area contributed by atoms with Gasteiger partial charge in [-0.1, -0.05) is 38.9 Å². The second-order valence-electron chi connectivity index (χ2n) is 6.13. The molecule has 0 spiro atoms. The van der Waals surface area contributed by atoms with E-state index < -0.39 is 4.92 Å². The number of hydrogen-bond acceptors (Lipinski definition) is 5. The van der Waals surface area contributed by atoms with Crippen LogP contribution in [-0.2, 0) is 18.4 Å². The first-order chi connectivity index (χ1) is 10.3. The van der Waals surface area contributed by atoms with Gasteiger partial charge in [-0.05, 0) is 18.1 Å². The van der Waals surface area contributed by atoms with Gasteiger partial charge < -0.3 is 9.26 Å². The smallest absolute Gasteiger partial charge is 0.311 e. The van der Waals surface area contributed by atoms with Gasteiger partial charge in [-0.3, -0.25) is 10.1 Å². The van der Waals surface area contributed by atoms with E-state index in [1.54, 1.807) is 12.1 Å². The molecule has 0 aliphatic carbocycles. The van der Waals surface area contributed by atoms with Gasteiger partial charge in [0.1, 0.15) is 18.1 Å². The molecule has 0 saturated heterocycles. The highest BCUT2D eigenvalue weighted by molar-refractivity contribution is 5.48. The van der Waals surface area contributed by atoms with Gasteiger partial charge in [0, 0.05) is 17.5 Å². The second kappa shape index (κ2) is 6.17. The zero-order chi connectivity index (χ0) is 16.3. The van der Waals surface area contributed by atoms with Crippen molar-refractivity contribution in [2.75, 3.05) is 0 Å². The summed E-state index contributed by atoms with van der Waals surface area (Å²) in [7, 11) is 0. The van der Waals surface area contributed by atoms with Crippen molar-refractivity contribution in [1.29, 1.82) is 0 Å². The zero-order valence-electron chi connectivity index (χ0n) is 13.3. The molecule has 0 atom stereocenters. The molecule has 1 aromatic carbocycles. The molecule has 0 aliphatic rings. The van der Waals surface area contributed by atoms with Gasteiger partial charge in [0.15, 0.2) is 5.75 Å². The van der Waals surface area contributed by atoms with Crippen LogP contribution in [0.25, 0.3) is 0 Å². The number of benzene rings is 1. The molecule has 6 heteroatoms. The summed E-state index contributed by atoms with van der Waals surface area (Å²) in [6.45, 7) is 8.14. The maximum atomic E-state index is 11.1. The standard InChI is InChI=1S/C16H20N2O4/c1-5-11-6-7-14(13(8-11)18(19)20)21-10-12-9-15(22-17-12)16(2,3)4/h6-9H,5,10H2,1-4H3. The lowest BCUT2D eigenvalue weighted by molar-refractivity contribution is -0.386. The summed E-state index contributed by atoms with van der Waals surface area (Å²) in [4.78, 5) is 10.7. The first-order valence-electron chi connectivity index (χ1n) is 7.17. The minimum atomic E-state index is -0.433. The molecule has 0 unspecified atom stereocenters. The summed E-state index contributed by atoms with van der Waals surface area (Å²) in [5, 5.41) is 15.1. The number of rotatable bonds is 5. The van der Waals surface area contributed by atoms with Gasteiger partial charge in [-0.2, -0.15) is 0 Å². The predicted octanol–water partition coefficient (Wildman–Crippen LogP) is 4.02. The van der Waals surface area contributed by atoms with Crippen LogP contribution >= 0.6 is 0 Å². The summed E-state index contributed by atoms with van der Waals surface area (Å²) in [5.74, 6) is 0.990. The van der Waals surface area contributed by atoms with Crippen molar-refractivity contribution in [3.05, 3.63) is 51.4 Å². The number of aryl methyl sites for hydroxylation is 1. The van der Waals surface area contributed by atoms with Crippen LogP contribution in [0.3, 0.4) is 0 Å². The van der Waals surface area contributed by atoms with Crippen molar-refractivity contribution in [2.24, 2.45) is 0 Å². The average molecular weight is 304 g/mol. The Kier molecular flexibility index (Phi) is 4.49. The van der Waals surface area contributed by atoms with E-state index in [2.05, 4.69) is 5.16 Å². The molecule has 22 heavy (non-hydrogen) atoms. The number of nitro groups is 1. The van der Waals surface area contributed by atoms with E-state index in [4.69, 9.17) is 9.26 Å². The molecule has 0 radical (unpaired) electrons. The fourth-order valence-corrected chi connectivity index (χ4v) is 1.93. The molecular weight excluding hydrogens is 284 g/mol. The SMILES string of the molecule is CCc1ccc(OCc2cc(C(C)(C)C)on2)c([N+](=O)[O-])c1. The Bertz CT molecular complexity index is 671. The van der Waals surface area contributed by atoms with Gasteiger partial charge in [0.2, 0.25) is 0 Å². The molecule has 0 bridgehead atoms. The molecule has 2 aromatic rings. The van der Waals surface area contributed by atoms with E-state index in [1.807, 2.05) is 39.8 Å². The summed E-state index contributed by atoms with van der Waals surface area (Å²) in [6, 6.07) is 6.80. The second-order valence-corrected chi connectivity index (χ2v) is 6.13.